The normalized spacial score (nSPS) is 15.5. The van der Waals surface area contributed by atoms with Gasteiger partial charge >= 0.3 is 6.18 Å². The second kappa shape index (κ2) is 13.5. The van der Waals surface area contributed by atoms with Crippen LogP contribution in [-0.4, -0.2) is 65.4 Å². The van der Waals surface area contributed by atoms with Gasteiger partial charge in [0.15, 0.2) is 0 Å². The number of carbonyl (C=O) groups excluding carboxylic acids is 2. The van der Waals surface area contributed by atoms with E-state index in [4.69, 9.17) is 4.74 Å². The van der Waals surface area contributed by atoms with Gasteiger partial charge in [0.25, 0.3) is 5.91 Å². The van der Waals surface area contributed by atoms with Crippen LogP contribution in [0.5, 0.6) is 0 Å². The Bertz CT molecular complexity index is 1620. The predicted octanol–water partition coefficient (Wildman–Crippen LogP) is 4.80. The molecule has 45 heavy (non-hydrogen) atoms. The lowest BCUT2D eigenvalue weighted by atomic mass is 10.0. The average molecular weight is 622 g/mol. The fourth-order valence-corrected chi connectivity index (χ4v) is 5.16. The SMILES string of the molecule is Cc1ccc(-c2nnn(CC(=O)N(c3ccccc3C(F)(F)F)[C@H](C(=O)NC[C@H]3CCCO3)c3ccc(N(C)C)cc3)n2)cc1. The minimum atomic E-state index is -4.81. The fourth-order valence-electron chi connectivity index (χ4n) is 5.16. The predicted molar refractivity (Wildman–Crippen MR) is 162 cm³/mol. The first-order chi connectivity index (χ1) is 21.5. The zero-order chi connectivity index (χ0) is 32.1. The van der Waals surface area contributed by atoms with Crippen LogP contribution in [0.3, 0.4) is 0 Å². The van der Waals surface area contributed by atoms with Crippen molar-refractivity contribution in [2.45, 2.75) is 44.6 Å². The zero-order valence-electron chi connectivity index (χ0n) is 25.2. The first-order valence-electron chi connectivity index (χ1n) is 14.5. The van der Waals surface area contributed by atoms with Crippen molar-refractivity contribution in [1.82, 2.24) is 25.5 Å². The van der Waals surface area contributed by atoms with Gasteiger partial charge in [-0.15, -0.1) is 10.2 Å². The molecule has 10 nitrogen and oxygen atoms in total. The molecule has 0 bridgehead atoms. The molecule has 1 saturated heterocycles. The van der Waals surface area contributed by atoms with E-state index in [1.807, 2.05) is 38.1 Å². The van der Waals surface area contributed by atoms with Crippen LogP contribution >= 0.6 is 0 Å². The molecule has 1 N–H and O–H groups in total. The van der Waals surface area contributed by atoms with Crippen molar-refractivity contribution in [3.63, 3.8) is 0 Å². The third-order valence-electron chi connectivity index (χ3n) is 7.54. The number of nitrogens with zero attached hydrogens (tertiary/aromatic N) is 6. The minimum Gasteiger partial charge on any atom is -0.378 e. The number of aryl methyl sites for hydroxylation is 1. The molecule has 1 fully saturated rings. The Morgan fingerprint density at radius 1 is 1.04 bits per heavy atom. The van der Waals surface area contributed by atoms with Crippen molar-refractivity contribution in [3.05, 3.63) is 89.5 Å². The lowest BCUT2D eigenvalue weighted by Gasteiger charge is -2.33. The van der Waals surface area contributed by atoms with Crippen molar-refractivity contribution in [1.29, 1.82) is 0 Å². The minimum absolute atomic E-state index is 0.151. The molecule has 0 spiro atoms. The highest BCUT2D eigenvalue weighted by molar-refractivity contribution is 6.02. The van der Waals surface area contributed by atoms with Gasteiger partial charge in [-0.3, -0.25) is 14.5 Å². The van der Waals surface area contributed by atoms with Crippen LogP contribution in [-0.2, 0) is 27.0 Å². The van der Waals surface area contributed by atoms with E-state index in [0.29, 0.717) is 17.7 Å². The van der Waals surface area contributed by atoms with Crippen molar-refractivity contribution >= 4 is 23.2 Å². The first kappa shape index (κ1) is 31.6. The average Bonchev–Trinajstić information content (AvgIpc) is 3.71. The van der Waals surface area contributed by atoms with E-state index in [0.717, 1.165) is 39.9 Å². The van der Waals surface area contributed by atoms with E-state index < -0.39 is 41.8 Å². The van der Waals surface area contributed by atoms with Gasteiger partial charge < -0.3 is 15.0 Å². The Kier molecular flexibility index (Phi) is 9.47. The van der Waals surface area contributed by atoms with Gasteiger partial charge in [-0.2, -0.15) is 18.0 Å². The van der Waals surface area contributed by atoms with Gasteiger partial charge in [-0.1, -0.05) is 54.1 Å². The van der Waals surface area contributed by atoms with Crippen molar-refractivity contribution in [2.75, 3.05) is 37.0 Å². The summed E-state index contributed by atoms with van der Waals surface area (Å²) in [5.74, 6) is -1.25. The molecule has 2 amide bonds. The van der Waals surface area contributed by atoms with Crippen LogP contribution in [0.1, 0.15) is 35.6 Å². The molecule has 1 aromatic heterocycles. The number of amides is 2. The molecule has 3 aromatic carbocycles. The molecular formula is C32H34F3N7O3. The smallest absolute Gasteiger partial charge is 0.378 e. The summed E-state index contributed by atoms with van der Waals surface area (Å²) < 4.78 is 48.8. The second-order valence-corrected chi connectivity index (χ2v) is 11.1. The van der Waals surface area contributed by atoms with Crippen molar-refractivity contribution < 1.29 is 27.5 Å². The Morgan fingerprint density at radius 2 is 1.76 bits per heavy atom. The number of anilines is 2. The van der Waals surface area contributed by atoms with Gasteiger partial charge in [0.1, 0.15) is 12.6 Å². The molecule has 5 rings (SSSR count). The van der Waals surface area contributed by atoms with Gasteiger partial charge in [-0.25, -0.2) is 0 Å². The van der Waals surface area contributed by atoms with E-state index in [2.05, 4.69) is 20.7 Å². The summed E-state index contributed by atoms with van der Waals surface area (Å²) in [6, 6.07) is 17.3. The summed E-state index contributed by atoms with van der Waals surface area (Å²) in [7, 11) is 3.68. The van der Waals surface area contributed by atoms with Crippen LogP contribution in [0.25, 0.3) is 11.4 Å². The van der Waals surface area contributed by atoms with Gasteiger partial charge in [0, 0.05) is 38.5 Å². The molecule has 236 valence electrons. The van der Waals surface area contributed by atoms with Gasteiger partial charge in [0.2, 0.25) is 11.7 Å². The van der Waals surface area contributed by atoms with E-state index >= 15 is 0 Å². The number of hydrogen-bond donors (Lipinski definition) is 1. The summed E-state index contributed by atoms with van der Waals surface area (Å²) >= 11 is 0. The number of alkyl halides is 3. The molecule has 2 atom stereocenters. The van der Waals surface area contributed by atoms with Gasteiger partial charge in [0.05, 0.1) is 17.4 Å². The van der Waals surface area contributed by atoms with Crippen LogP contribution < -0.4 is 15.1 Å². The van der Waals surface area contributed by atoms with E-state index in [9.17, 15) is 22.8 Å². The monoisotopic (exact) mass is 621 g/mol. The first-order valence-corrected chi connectivity index (χ1v) is 14.5. The Hall–Kier alpha value is -4.78. The maximum absolute atomic E-state index is 14.4. The fraction of sp³-hybridized carbons (Fsp3) is 0.344. The molecule has 4 aromatic rings. The molecule has 13 heteroatoms. The molecule has 1 aliphatic rings. The maximum atomic E-state index is 14.4. The Balaban J connectivity index is 1.56. The number of nitrogens with one attached hydrogen (secondary N) is 1. The second-order valence-electron chi connectivity index (χ2n) is 11.1. The van der Waals surface area contributed by atoms with Gasteiger partial charge in [-0.05, 0) is 54.8 Å². The number of ether oxygens (including phenoxy) is 1. The largest absolute Gasteiger partial charge is 0.418 e. The molecule has 0 unspecified atom stereocenters. The topological polar surface area (TPSA) is 105 Å². The lowest BCUT2D eigenvalue weighted by Crippen LogP contribution is -2.47. The third kappa shape index (κ3) is 7.48. The number of halogens is 3. The quantitative estimate of drug-likeness (QED) is 0.271. The molecule has 0 saturated carbocycles. The molecule has 0 radical (unpaired) electrons. The third-order valence-corrected chi connectivity index (χ3v) is 7.54. The van der Waals surface area contributed by atoms with E-state index in [1.165, 1.54) is 18.2 Å². The summed E-state index contributed by atoms with van der Waals surface area (Å²) in [5.41, 5.74) is 1.28. The van der Waals surface area contributed by atoms with E-state index in [-0.39, 0.29) is 18.5 Å². The summed E-state index contributed by atoms with van der Waals surface area (Å²) in [4.78, 5) is 31.9. The highest BCUT2D eigenvalue weighted by Crippen LogP contribution is 2.40. The number of benzene rings is 3. The summed E-state index contributed by atoms with van der Waals surface area (Å²) in [6.07, 6.45) is -3.46. The number of rotatable bonds is 10. The lowest BCUT2D eigenvalue weighted by molar-refractivity contribution is -0.137. The van der Waals surface area contributed by atoms with Crippen molar-refractivity contribution in [2.24, 2.45) is 0 Å². The molecular weight excluding hydrogens is 587 g/mol. The van der Waals surface area contributed by atoms with Crippen molar-refractivity contribution in [3.8, 4) is 11.4 Å². The zero-order valence-corrected chi connectivity index (χ0v) is 25.2. The molecule has 2 heterocycles. The summed E-state index contributed by atoms with van der Waals surface area (Å²) in [5, 5.41) is 15.1. The van der Waals surface area contributed by atoms with Crippen LogP contribution in [0.4, 0.5) is 24.5 Å². The number of carbonyl (C=O) groups is 2. The Labute approximate surface area is 258 Å². The number of hydrogen-bond acceptors (Lipinski definition) is 7. The van der Waals surface area contributed by atoms with E-state index in [1.54, 1.807) is 36.4 Å². The number of para-hydroxylation sites is 1. The molecule has 0 aliphatic carbocycles. The van der Waals surface area contributed by atoms with Crippen LogP contribution in [0, 0.1) is 6.92 Å². The highest BCUT2D eigenvalue weighted by Gasteiger charge is 2.40. The van der Waals surface area contributed by atoms with Crippen LogP contribution in [0.2, 0.25) is 0 Å². The summed E-state index contributed by atoms with van der Waals surface area (Å²) in [6.45, 7) is 2.07. The Morgan fingerprint density at radius 3 is 2.40 bits per heavy atom. The number of tetrazole rings is 1. The van der Waals surface area contributed by atoms with Crippen LogP contribution in [0.15, 0.2) is 72.8 Å². The number of aromatic nitrogens is 4. The molecule has 1 aliphatic heterocycles. The highest BCUT2D eigenvalue weighted by atomic mass is 19.4. The maximum Gasteiger partial charge on any atom is 0.418 e. The standard InChI is InChI=1S/C32H34F3N7O3/c1-21-10-12-23(13-11-21)30-37-39-41(38-30)20-28(43)42(27-9-5-4-8-26(27)32(33,34)35)29(22-14-16-24(17-15-22)40(2)3)31(44)36-19-25-7-6-18-45-25/h4-5,8-17,25,29H,6-7,18-20H2,1-3H3,(H,36,44)/t25-,29+/m1/s1.